The molecular weight excluding hydrogens is 461 g/mol. The second kappa shape index (κ2) is 9.11. The number of H-pyrrole nitrogens is 1. The number of carbonyl (C=O) groups is 1. The summed E-state index contributed by atoms with van der Waals surface area (Å²) < 4.78 is 27.4. The van der Waals surface area contributed by atoms with E-state index in [4.69, 9.17) is 19.3 Å². The molecule has 33 heavy (non-hydrogen) atoms. The van der Waals surface area contributed by atoms with Crippen molar-refractivity contribution in [2.45, 2.75) is 24.4 Å². The lowest BCUT2D eigenvalue weighted by molar-refractivity contribution is -0.0225. The fourth-order valence-electron chi connectivity index (χ4n) is 3.49. The highest BCUT2D eigenvalue weighted by atomic mass is 31.2. The Kier molecular flexibility index (Phi) is 6.41. The lowest BCUT2D eigenvalue weighted by atomic mass is 10.0. The number of fused-ring (bicyclic) bond motifs is 1. The molecule has 3 aromatic rings. The first-order chi connectivity index (χ1) is 15.7. The van der Waals surface area contributed by atoms with Gasteiger partial charge in [-0.15, -0.1) is 0 Å². The van der Waals surface area contributed by atoms with Crippen LogP contribution < -0.4 is 11.0 Å². The number of methoxy groups -OCH3 is 1. The summed E-state index contributed by atoms with van der Waals surface area (Å²) >= 11 is 0. The number of carbonyl (C=O) groups excluding carboxylic acids is 1. The van der Waals surface area contributed by atoms with Gasteiger partial charge < -0.3 is 24.4 Å². The molecule has 3 heterocycles. The van der Waals surface area contributed by atoms with E-state index in [1.54, 1.807) is 30.3 Å². The van der Waals surface area contributed by atoms with Gasteiger partial charge in [0.1, 0.15) is 24.4 Å². The minimum Gasteiger partial charge on any atom is -0.387 e. The van der Waals surface area contributed by atoms with E-state index in [-0.39, 0.29) is 17.2 Å². The highest BCUT2D eigenvalue weighted by Crippen LogP contribution is 2.40. The molecule has 0 radical (unpaired) electrons. The molecule has 5 N–H and O–H groups in total. The third-order valence-electron chi connectivity index (χ3n) is 5.00. The normalized spacial score (nSPS) is 23.2. The van der Waals surface area contributed by atoms with Crippen molar-refractivity contribution in [3.05, 3.63) is 58.1 Å². The van der Waals surface area contributed by atoms with Crippen LogP contribution in [0.3, 0.4) is 0 Å². The summed E-state index contributed by atoms with van der Waals surface area (Å²) in [6.45, 7) is -0.604. The van der Waals surface area contributed by atoms with Crippen LogP contribution in [0.15, 0.2) is 41.3 Å². The summed E-state index contributed by atoms with van der Waals surface area (Å²) in [5.74, 6) is -0.641. The average Bonchev–Trinajstić information content (AvgIpc) is 3.33. The van der Waals surface area contributed by atoms with Gasteiger partial charge in [-0.2, -0.15) is 14.6 Å². The van der Waals surface area contributed by atoms with E-state index in [1.807, 2.05) is 0 Å². The average molecular weight is 481 g/mol. The number of aliphatic hydroxyl groups excluding tert-OH is 1. The molecule has 1 aliphatic rings. The minimum absolute atomic E-state index is 0.0259. The molecule has 4 rings (SSSR count). The molecule has 1 aromatic carbocycles. The van der Waals surface area contributed by atoms with Crippen LogP contribution in [0.4, 0.5) is 5.95 Å². The van der Waals surface area contributed by atoms with Crippen molar-refractivity contribution in [3.8, 4) is 0 Å². The van der Waals surface area contributed by atoms with Crippen LogP contribution in [0.2, 0.25) is 0 Å². The number of nitrogens with zero attached hydrogens (tertiary/aromatic N) is 3. The number of hydrogen-bond acceptors (Lipinski definition) is 9. The Morgan fingerprint density at radius 2 is 2.06 bits per heavy atom. The number of phosphoric acid groups is 1. The van der Waals surface area contributed by atoms with E-state index in [0.29, 0.717) is 5.56 Å². The molecule has 4 unspecified atom stereocenters. The second-order valence-corrected chi connectivity index (χ2v) is 8.36. The molecule has 0 spiro atoms. The maximum Gasteiger partial charge on any atom is 0.469 e. The van der Waals surface area contributed by atoms with Crippen LogP contribution in [0.5, 0.6) is 0 Å². The highest BCUT2D eigenvalue weighted by Gasteiger charge is 2.46. The zero-order chi connectivity index (χ0) is 23.8. The van der Waals surface area contributed by atoms with Crippen LogP contribution in [0, 0.1) is 0 Å². The Hall–Kier alpha value is -2.97. The Morgan fingerprint density at radius 3 is 2.73 bits per heavy atom. The van der Waals surface area contributed by atoms with E-state index in [9.17, 15) is 19.3 Å². The predicted molar refractivity (Wildman–Crippen MR) is 110 cm³/mol. The van der Waals surface area contributed by atoms with E-state index in [2.05, 4.69) is 24.9 Å². The van der Waals surface area contributed by atoms with Gasteiger partial charge in [0.25, 0.3) is 5.91 Å². The number of rotatable bonds is 7. The Bertz CT molecular complexity index is 1260. The Labute approximate surface area is 185 Å². The van der Waals surface area contributed by atoms with Crippen molar-refractivity contribution >= 4 is 25.3 Å². The van der Waals surface area contributed by atoms with Crippen molar-refractivity contribution in [1.29, 1.82) is 0 Å². The molecule has 15 heteroatoms. The van der Waals surface area contributed by atoms with E-state index in [1.165, 1.54) is 13.3 Å². The first-order valence-corrected chi connectivity index (χ1v) is 11.1. The van der Waals surface area contributed by atoms with E-state index < -0.39 is 50.4 Å². The number of aliphatic hydroxyl groups is 1. The molecule has 1 saturated heterocycles. The number of aromatic amines is 1. The molecule has 1 amide bonds. The molecule has 1 fully saturated rings. The van der Waals surface area contributed by atoms with E-state index in [0.717, 1.165) is 4.52 Å². The van der Waals surface area contributed by atoms with Crippen molar-refractivity contribution in [2.24, 2.45) is 0 Å². The number of phosphoric ester groups is 1. The van der Waals surface area contributed by atoms with Crippen LogP contribution in [0.25, 0.3) is 5.65 Å². The molecule has 4 atom stereocenters. The third-order valence-corrected chi connectivity index (χ3v) is 5.48. The molecule has 0 aliphatic carbocycles. The third kappa shape index (κ3) is 4.86. The molecule has 14 nitrogen and oxygen atoms in total. The quantitative estimate of drug-likeness (QED) is 0.275. The SMILES string of the molecule is COC1C(c2cnn3c(=O)[nH]c(NC(=O)c4ccccc4)nc23)OC(COP(=O)(O)O)C1O. The first-order valence-electron chi connectivity index (χ1n) is 9.58. The van der Waals surface area contributed by atoms with E-state index >= 15 is 0 Å². The van der Waals surface area contributed by atoms with Gasteiger partial charge in [-0.05, 0) is 12.1 Å². The number of hydrogen-bond donors (Lipinski definition) is 5. The van der Waals surface area contributed by atoms with Crippen LogP contribution in [0.1, 0.15) is 22.0 Å². The molecule has 0 bridgehead atoms. The standard InChI is InChI=1S/C18H20N5O9P/c1-30-14-12(24)11(8-31-33(27,28)29)32-13(14)10-7-19-23-15(10)20-17(22-18(23)26)21-16(25)9-5-3-2-4-6-9/h2-7,11-14,24H,8H2,1H3,(H2,27,28,29)(H2,20,21,22,25,26). The summed E-state index contributed by atoms with van der Waals surface area (Å²) in [6.07, 6.45) is -3.13. The summed E-state index contributed by atoms with van der Waals surface area (Å²) in [5.41, 5.74) is -0.0642. The molecular formula is C18H20N5O9P. The fourth-order valence-corrected chi connectivity index (χ4v) is 3.83. The van der Waals surface area contributed by atoms with Crippen molar-refractivity contribution < 1.29 is 38.3 Å². The van der Waals surface area contributed by atoms with Crippen LogP contribution >= 0.6 is 7.82 Å². The number of nitrogens with one attached hydrogen (secondary N) is 2. The van der Waals surface area contributed by atoms with Gasteiger partial charge >= 0.3 is 13.5 Å². The topological polar surface area (TPSA) is 198 Å². The zero-order valence-electron chi connectivity index (χ0n) is 17.1. The van der Waals surface area contributed by atoms with Gasteiger partial charge in [-0.25, -0.2) is 9.36 Å². The largest absolute Gasteiger partial charge is 0.469 e. The monoisotopic (exact) mass is 481 g/mol. The van der Waals surface area contributed by atoms with Crippen LogP contribution in [-0.2, 0) is 18.6 Å². The number of ether oxygens (including phenoxy) is 2. The summed E-state index contributed by atoms with van der Waals surface area (Å²) in [7, 11) is -3.48. The number of benzene rings is 1. The number of anilines is 1. The van der Waals surface area contributed by atoms with Gasteiger partial charge in [0.05, 0.1) is 12.8 Å². The number of aromatic nitrogens is 4. The lowest BCUT2D eigenvalue weighted by Gasteiger charge is -2.17. The molecule has 2 aromatic heterocycles. The van der Waals surface area contributed by atoms with Crippen molar-refractivity contribution in [3.63, 3.8) is 0 Å². The second-order valence-electron chi connectivity index (χ2n) is 7.12. The van der Waals surface area contributed by atoms with Crippen molar-refractivity contribution in [1.82, 2.24) is 19.6 Å². The summed E-state index contributed by atoms with van der Waals surface area (Å²) in [4.78, 5) is 49.4. The molecule has 0 saturated carbocycles. The highest BCUT2D eigenvalue weighted by molar-refractivity contribution is 7.46. The van der Waals surface area contributed by atoms with Crippen molar-refractivity contribution in [2.75, 3.05) is 19.0 Å². The first kappa shape index (κ1) is 23.2. The number of amides is 1. The predicted octanol–water partition coefficient (Wildman–Crippen LogP) is -0.405. The van der Waals surface area contributed by atoms with Gasteiger partial charge in [0.2, 0.25) is 5.95 Å². The fraction of sp³-hybridized carbons (Fsp3) is 0.333. The van der Waals surface area contributed by atoms with Gasteiger partial charge in [0.15, 0.2) is 5.65 Å². The maximum absolute atomic E-state index is 12.5. The lowest BCUT2D eigenvalue weighted by Crippen LogP contribution is -2.34. The smallest absolute Gasteiger partial charge is 0.387 e. The summed E-state index contributed by atoms with van der Waals surface area (Å²) in [5, 5.41) is 17.0. The minimum atomic E-state index is -4.79. The van der Waals surface area contributed by atoms with Crippen LogP contribution in [-0.4, -0.2) is 72.4 Å². The Balaban J connectivity index is 1.64. The summed E-state index contributed by atoms with van der Waals surface area (Å²) in [6, 6.07) is 8.30. The molecule has 176 valence electrons. The van der Waals surface area contributed by atoms with Gasteiger partial charge in [-0.1, -0.05) is 18.2 Å². The Morgan fingerprint density at radius 1 is 1.33 bits per heavy atom. The maximum atomic E-state index is 12.5. The zero-order valence-corrected chi connectivity index (χ0v) is 18.0. The van der Waals surface area contributed by atoms with Gasteiger partial charge in [-0.3, -0.25) is 19.6 Å². The van der Waals surface area contributed by atoms with Gasteiger partial charge in [0, 0.05) is 18.2 Å². The molecule has 1 aliphatic heterocycles.